The molecule has 0 saturated carbocycles. The molecule has 11 heteroatoms. The highest BCUT2D eigenvalue weighted by Gasteiger charge is 2.20. The second-order valence-corrected chi connectivity index (χ2v) is 7.08. The second-order valence-electron chi connectivity index (χ2n) is 5.52. The van der Waals surface area contributed by atoms with E-state index in [0.29, 0.717) is 0 Å². The maximum Gasteiger partial charge on any atom is 0.387 e. The van der Waals surface area contributed by atoms with Crippen molar-refractivity contribution in [2.75, 3.05) is 5.32 Å². The number of anilines is 1. The number of esters is 1. The van der Waals surface area contributed by atoms with Crippen molar-refractivity contribution in [1.29, 1.82) is 0 Å². The Balaban J connectivity index is 2.03. The summed E-state index contributed by atoms with van der Waals surface area (Å²) in [6, 6.07) is 10.1. The molecule has 2 aromatic rings. The van der Waals surface area contributed by atoms with Gasteiger partial charge in [0, 0.05) is 5.69 Å². The number of carbonyl (C=O) groups is 2. The summed E-state index contributed by atoms with van der Waals surface area (Å²) in [5.41, 5.74) is 0.0424. The summed E-state index contributed by atoms with van der Waals surface area (Å²) in [6.07, 6.45) is -1.26. The van der Waals surface area contributed by atoms with E-state index in [1.165, 1.54) is 43.3 Å². The molecule has 8 nitrogen and oxygen atoms in total. The number of halogens is 2. The smallest absolute Gasteiger partial charge is 0.387 e. The van der Waals surface area contributed by atoms with Gasteiger partial charge >= 0.3 is 12.6 Å². The standard InChI is InChI=1S/C17H16F2N2O6S/c1-10(15(22)21-12-5-3-7-14(9-12)28(20,24)25)26-16(23)11-4-2-6-13(8-11)27-17(18)19/h2-10,17H,1H3,(H,21,22)(H2,20,24,25). The predicted octanol–water partition coefficient (Wildman–Crippen LogP) is 2.12. The van der Waals surface area contributed by atoms with Crippen LogP contribution in [0.25, 0.3) is 0 Å². The summed E-state index contributed by atoms with van der Waals surface area (Å²) in [6.45, 7) is -1.76. The highest BCUT2D eigenvalue weighted by atomic mass is 32.2. The van der Waals surface area contributed by atoms with Crippen LogP contribution >= 0.6 is 0 Å². The maximum absolute atomic E-state index is 12.2. The molecule has 0 aliphatic rings. The van der Waals surface area contributed by atoms with E-state index >= 15 is 0 Å². The van der Waals surface area contributed by atoms with Crippen LogP contribution in [0.15, 0.2) is 53.4 Å². The monoisotopic (exact) mass is 414 g/mol. The summed E-state index contributed by atoms with van der Waals surface area (Å²) >= 11 is 0. The first kappa shape index (κ1) is 21.3. The van der Waals surface area contributed by atoms with Gasteiger partial charge in [-0.15, -0.1) is 0 Å². The molecule has 1 atom stereocenters. The van der Waals surface area contributed by atoms with Gasteiger partial charge in [0.25, 0.3) is 5.91 Å². The van der Waals surface area contributed by atoms with Gasteiger partial charge in [0.05, 0.1) is 10.5 Å². The highest BCUT2D eigenvalue weighted by Crippen LogP contribution is 2.18. The van der Waals surface area contributed by atoms with E-state index in [9.17, 15) is 26.8 Å². The zero-order valence-electron chi connectivity index (χ0n) is 14.5. The molecule has 0 fully saturated rings. The number of nitrogens with two attached hydrogens (primary N) is 1. The van der Waals surface area contributed by atoms with Crippen LogP contribution in [0.1, 0.15) is 17.3 Å². The summed E-state index contributed by atoms with van der Waals surface area (Å²) < 4.78 is 56.3. The SMILES string of the molecule is CC(OC(=O)c1cccc(OC(F)F)c1)C(=O)Nc1cccc(S(N)(=O)=O)c1. The minimum absolute atomic E-state index is 0.0889. The summed E-state index contributed by atoms with van der Waals surface area (Å²) in [5.74, 6) is -1.90. The van der Waals surface area contributed by atoms with E-state index in [4.69, 9.17) is 9.88 Å². The first-order valence-electron chi connectivity index (χ1n) is 7.76. The first-order chi connectivity index (χ1) is 13.1. The Morgan fingerprint density at radius 1 is 1.11 bits per heavy atom. The van der Waals surface area contributed by atoms with Crippen LogP contribution in [-0.4, -0.2) is 33.0 Å². The van der Waals surface area contributed by atoms with Crippen LogP contribution in [0.4, 0.5) is 14.5 Å². The normalized spacial score (nSPS) is 12.3. The quantitative estimate of drug-likeness (QED) is 0.669. The van der Waals surface area contributed by atoms with Gasteiger partial charge in [-0.05, 0) is 43.3 Å². The number of ether oxygens (including phenoxy) is 2. The zero-order valence-corrected chi connectivity index (χ0v) is 15.3. The molecule has 1 unspecified atom stereocenters. The number of primary sulfonamides is 1. The molecule has 0 radical (unpaired) electrons. The van der Waals surface area contributed by atoms with Gasteiger partial charge in [-0.3, -0.25) is 4.79 Å². The molecule has 0 spiro atoms. The lowest BCUT2D eigenvalue weighted by atomic mass is 10.2. The number of hydrogen-bond donors (Lipinski definition) is 2. The second kappa shape index (κ2) is 8.76. The molecular weight excluding hydrogens is 398 g/mol. The fraction of sp³-hybridized carbons (Fsp3) is 0.176. The van der Waals surface area contributed by atoms with E-state index in [1.807, 2.05) is 0 Å². The lowest BCUT2D eigenvalue weighted by molar-refractivity contribution is -0.123. The maximum atomic E-state index is 12.2. The Hall–Kier alpha value is -3.05. The van der Waals surface area contributed by atoms with E-state index in [0.717, 1.165) is 12.1 Å². The number of amides is 1. The predicted molar refractivity (Wildman–Crippen MR) is 94.4 cm³/mol. The van der Waals surface area contributed by atoms with Crippen LogP contribution in [0.2, 0.25) is 0 Å². The lowest BCUT2D eigenvalue weighted by Crippen LogP contribution is -2.30. The van der Waals surface area contributed by atoms with Crippen molar-refractivity contribution in [3.8, 4) is 5.75 Å². The van der Waals surface area contributed by atoms with Gasteiger partial charge in [0.2, 0.25) is 10.0 Å². The van der Waals surface area contributed by atoms with Gasteiger partial charge in [-0.25, -0.2) is 18.4 Å². The molecule has 0 aliphatic heterocycles. The Labute approximate surface area is 159 Å². The van der Waals surface area contributed by atoms with Crippen molar-refractivity contribution in [2.45, 2.75) is 24.5 Å². The Kier molecular flexibility index (Phi) is 6.65. The number of benzene rings is 2. The molecule has 1 amide bonds. The minimum Gasteiger partial charge on any atom is -0.449 e. The minimum atomic E-state index is -3.95. The largest absolute Gasteiger partial charge is 0.449 e. The van der Waals surface area contributed by atoms with Crippen LogP contribution in [0, 0.1) is 0 Å². The van der Waals surface area contributed by atoms with Crippen molar-refractivity contribution >= 4 is 27.6 Å². The molecule has 0 heterocycles. The van der Waals surface area contributed by atoms with Crippen molar-refractivity contribution in [3.63, 3.8) is 0 Å². The molecule has 0 aliphatic carbocycles. The summed E-state index contributed by atoms with van der Waals surface area (Å²) in [7, 11) is -3.95. The van der Waals surface area contributed by atoms with E-state index in [-0.39, 0.29) is 21.9 Å². The molecule has 2 aromatic carbocycles. The van der Waals surface area contributed by atoms with Crippen LogP contribution in [0.3, 0.4) is 0 Å². The van der Waals surface area contributed by atoms with Crippen LogP contribution in [0.5, 0.6) is 5.75 Å². The number of nitrogens with one attached hydrogen (secondary N) is 1. The fourth-order valence-electron chi connectivity index (χ4n) is 2.08. The molecule has 0 saturated heterocycles. The van der Waals surface area contributed by atoms with Crippen LogP contribution < -0.4 is 15.2 Å². The van der Waals surface area contributed by atoms with Gasteiger partial charge in [-0.1, -0.05) is 12.1 Å². The fourth-order valence-corrected chi connectivity index (χ4v) is 2.64. The van der Waals surface area contributed by atoms with Gasteiger partial charge < -0.3 is 14.8 Å². The summed E-state index contributed by atoms with van der Waals surface area (Å²) in [5, 5.41) is 7.41. The number of hydrogen-bond acceptors (Lipinski definition) is 6. The lowest BCUT2D eigenvalue weighted by Gasteiger charge is -2.14. The van der Waals surface area contributed by atoms with Crippen molar-refractivity contribution in [2.24, 2.45) is 5.14 Å². The van der Waals surface area contributed by atoms with E-state index in [2.05, 4.69) is 10.1 Å². The number of rotatable bonds is 7. The molecule has 0 bridgehead atoms. The zero-order chi connectivity index (χ0) is 20.9. The first-order valence-corrected chi connectivity index (χ1v) is 9.30. The average Bonchev–Trinajstić information content (AvgIpc) is 2.60. The Bertz CT molecular complexity index is 981. The van der Waals surface area contributed by atoms with E-state index < -0.39 is 34.6 Å². The molecule has 150 valence electrons. The van der Waals surface area contributed by atoms with Gasteiger partial charge in [-0.2, -0.15) is 8.78 Å². The highest BCUT2D eigenvalue weighted by molar-refractivity contribution is 7.89. The van der Waals surface area contributed by atoms with E-state index in [1.54, 1.807) is 0 Å². The third-order valence-corrected chi connectivity index (χ3v) is 4.29. The average molecular weight is 414 g/mol. The molecule has 28 heavy (non-hydrogen) atoms. The van der Waals surface area contributed by atoms with Crippen molar-refractivity contribution in [1.82, 2.24) is 0 Å². The molecule has 3 N–H and O–H groups in total. The molecule has 2 rings (SSSR count). The Morgan fingerprint density at radius 2 is 1.79 bits per heavy atom. The van der Waals surface area contributed by atoms with Crippen molar-refractivity contribution < 1.29 is 36.3 Å². The number of sulfonamides is 1. The third kappa shape index (κ3) is 5.99. The summed E-state index contributed by atoms with van der Waals surface area (Å²) in [4.78, 5) is 24.1. The molecular formula is C17H16F2N2O6S. The third-order valence-electron chi connectivity index (χ3n) is 3.38. The Morgan fingerprint density at radius 3 is 2.43 bits per heavy atom. The topological polar surface area (TPSA) is 125 Å². The van der Waals surface area contributed by atoms with Crippen molar-refractivity contribution in [3.05, 3.63) is 54.1 Å². The van der Waals surface area contributed by atoms with Gasteiger partial charge in [0.15, 0.2) is 6.10 Å². The number of carbonyl (C=O) groups excluding carboxylic acids is 2. The number of alkyl halides is 2. The molecule has 0 aromatic heterocycles. The van der Waals surface area contributed by atoms with Crippen LogP contribution in [-0.2, 0) is 19.6 Å². The van der Waals surface area contributed by atoms with Gasteiger partial charge in [0.1, 0.15) is 5.75 Å².